The van der Waals surface area contributed by atoms with Crippen LogP contribution in [-0.4, -0.2) is 42.6 Å². The summed E-state index contributed by atoms with van der Waals surface area (Å²) < 4.78 is 55.9. The van der Waals surface area contributed by atoms with Gasteiger partial charge in [-0.2, -0.15) is 13.2 Å². The van der Waals surface area contributed by atoms with Gasteiger partial charge in [-0.1, -0.05) is 18.2 Å². The molecule has 2 aliphatic rings. The van der Waals surface area contributed by atoms with Crippen molar-refractivity contribution < 1.29 is 27.4 Å². The standard InChI is InChI=1S/C26H31F3N2O3S/c1-25(2,3)34-24(32)19(17-10-11-17)16-33-22-15-23-21(14-20(22)26(27,28)29)31(13-12-30(4)35-23)18-8-6-5-7-9-18/h5-9,14-15,17,19H,10-13,16H2,1-4H3. The average molecular weight is 509 g/mol. The van der Waals surface area contributed by atoms with Crippen LogP contribution in [0.15, 0.2) is 47.4 Å². The lowest BCUT2D eigenvalue weighted by Gasteiger charge is -2.27. The molecule has 0 radical (unpaired) electrons. The maximum Gasteiger partial charge on any atom is 0.420 e. The van der Waals surface area contributed by atoms with Crippen LogP contribution in [0.4, 0.5) is 24.5 Å². The van der Waals surface area contributed by atoms with Crippen LogP contribution in [0.3, 0.4) is 0 Å². The Morgan fingerprint density at radius 3 is 2.40 bits per heavy atom. The van der Waals surface area contributed by atoms with Crippen molar-refractivity contribution in [2.75, 3.05) is 31.6 Å². The van der Waals surface area contributed by atoms with Gasteiger partial charge in [0.25, 0.3) is 0 Å². The van der Waals surface area contributed by atoms with Crippen LogP contribution in [0.2, 0.25) is 0 Å². The molecule has 1 saturated carbocycles. The first-order chi connectivity index (χ1) is 16.4. The zero-order valence-corrected chi connectivity index (χ0v) is 21.2. The minimum Gasteiger partial charge on any atom is -0.492 e. The predicted molar refractivity (Wildman–Crippen MR) is 131 cm³/mol. The number of carbonyl (C=O) groups is 1. The van der Waals surface area contributed by atoms with E-state index in [1.165, 1.54) is 24.1 Å². The van der Waals surface area contributed by atoms with Crippen molar-refractivity contribution in [3.8, 4) is 5.75 Å². The Hall–Kier alpha value is -2.39. The van der Waals surface area contributed by atoms with E-state index >= 15 is 0 Å². The summed E-state index contributed by atoms with van der Waals surface area (Å²) in [4.78, 5) is 15.3. The summed E-state index contributed by atoms with van der Waals surface area (Å²) in [7, 11) is 1.91. The van der Waals surface area contributed by atoms with Crippen molar-refractivity contribution in [2.24, 2.45) is 11.8 Å². The Morgan fingerprint density at radius 2 is 1.80 bits per heavy atom. The molecule has 0 bridgehead atoms. The molecule has 1 heterocycles. The lowest BCUT2D eigenvalue weighted by atomic mass is 10.0. The van der Waals surface area contributed by atoms with Crippen LogP contribution >= 0.6 is 11.9 Å². The predicted octanol–water partition coefficient (Wildman–Crippen LogP) is 6.54. The third-order valence-corrected chi connectivity index (χ3v) is 6.95. The summed E-state index contributed by atoms with van der Waals surface area (Å²) in [6.07, 6.45) is -2.93. The van der Waals surface area contributed by atoms with E-state index in [1.807, 2.05) is 46.6 Å². The number of halogens is 3. The lowest BCUT2D eigenvalue weighted by Crippen LogP contribution is -2.33. The second-order valence-electron chi connectivity index (χ2n) is 10.0. The van der Waals surface area contributed by atoms with Gasteiger partial charge in [0.1, 0.15) is 18.0 Å². The van der Waals surface area contributed by atoms with Gasteiger partial charge in [0.05, 0.1) is 22.1 Å². The van der Waals surface area contributed by atoms with E-state index < -0.39 is 29.2 Å². The van der Waals surface area contributed by atoms with Crippen LogP contribution in [0.5, 0.6) is 5.75 Å². The van der Waals surface area contributed by atoms with Crippen LogP contribution in [0.1, 0.15) is 39.2 Å². The van der Waals surface area contributed by atoms with Crippen molar-refractivity contribution in [3.63, 3.8) is 0 Å². The van der Waals surface area contributed by atoms with Gasteiger partial charge < -0.3 is 14.4 Å². The molecule has 4 rings (SSSR count). The van der Waals surface area contributed by atoms with E-state index in [0.717, 1.165) is 18.5 Å². The third kappa shape index (κ3) is 6.44. The summed E-state index contributed by atoms with van der Waals surface area (Å²) in [5, 5.41) is 0. The molecule has 1 aliphatic heterocycles. The van der Waals surface area contributed by atoms with Gasteiger partial charge in [0.2, 0.25) is 0 Å². The van der Waals surface area contributed by atoms with Crippen LogP contribution in [-0.2, 0) is 15.7 Å². The fourth-order valence-corrected chi connectivity index (χ4v) is 5.01. The number of para-hydroxylation sites is 1. The number of carbonyl (C=O) groups excluding carboxylic acids is 1. The minimum atomic E-state index is -4.61. The molecule has 5 nitrogen and oxygen atoms in total. The van der Waals surface area contributed by atoms with E-state index in [2.05, 4.69) is 0 Å². The number of hydrogen-bond acceptors (Lipinski definition) is 6. The molecular weight excluding hydrogens is 477 g/mol. The van der Waals surface area contributed by atoms with Gasteiger partial charge in [-0.15, -0.1) is 0 Å². The summed E-state index contributed by atoms with van der Waals surface area (Å²) in [5.41, 5.74) is -0.213. The molecule has 1 unspecified atom stereocenters. The molecule has 2 aromatic carbocycles. The normalized spacial score (nSPS) is 18.0. The number of anilines is 2. The fourth-order valence-electron chi connectivity index (χ4n) is 4.08. The molecule has 1 atom stereocenters. The van der Waals surface area contributed by atoms with Gasteiger partial charge in [0.15, 0.2) is 0 Å². The van der Waals surface area contributed by atoms with Crippen molar-refractivity contribution in [3.05, 3.63) is 48.0 Å². The molecular formula is C26H31F3N2O3S. The average Bonchev–Trinajstić information content (AvgIpc) is 3.59. The number of alkyl halides is 3. The summed E-state index contributed by atoms with van der Waals surface area (Å²) in [6.45, 7) is 6.38. The van der Waals surface area contributed by atoms with Gasteiger partial charge >= 0.3 is 12.1 Å². The molecule has 1 fully saturated rings. The zero-order chi connectivity index (χ0) is 25.4. The molecule has 0 spiro atoms. The van der Waals surface area contributed by atoms with Gasteiger partial charge in [0, 0.05) is 18.8 Å². The van der Waals surface area contributed by atoms with E-state index in [-0.39, 0.29) is 18.3 Å². The molecule has 0 amide bonds. The fraction of sp³-hybridized carbons (Fsp3) is 0.500. The lowest BCUT2D eigenvalue weighted by molar-refractivity contribution is -0.162. The molecule has 0 saturated heterocycles. The molecule has 35 heavy (non-hydrogen) atoms. The highest BCUT2D eigenvalue weighted by Gasteiger charge is 2.41. The van der Waals surface area contributed by atoms with Crippen LogP contribution in [0.25, 0.3) is 0 Å². The van der Waals surface area contributed by atoms with E-state index in [0.29, 0.717) is 23.7 Å². The van der Waals surface area contributed by atoms with E-state index in [4.69, 9.17) is 9.47 Å². The number of rotatable bonds is 6. The van der Waals surface area contributed by atoms with Crippen molar-refractivity contribution in [1.82, 2.24) is 4.31 Å². The highest BCUT2D eigenvalue weighted by Crippen LogP contribution is 2.47. The number of ether oxygens (including phenoxy) is 2. The molecule has 190 valence electrons. The largest absolute Gasteiger partial charge is 0.492 e. The Bertz CT molecular complexity index is 1050. The number of esters is 1. The maximum atomic E-state index is 14.2. The van der Waals surface area contributed by atoms with Crippen LogP contribution < -0.4 is 9.64 Å². The van der Waals surface area contributed by atoms with Crippen LogP contribution in [0, 0.1) is 11.8 Å². The second kappa shape index (κ2) is 9.93. The number of nitrogens with zero attached hydrogens (tertiary/aromatic N) is 2. The summed E-state index contributed by atoms with van der Waals surface area (Å²) >= 11 is 1.38. The molecule has 2 aromatic rings. The first-order valence-corrected chi connectivity index (χ1v) is 12.5. The Labute approximate surface area is 208 Å². The maximum absolute atomic E-state index is 14.2. The SMILES string of the molecule is CN1CCN(c2ccccc2)c2cc(C(F)(F)F)c(OCC(C(=O)OC(C)(C)C)C3CC3)cc2S1. The molecule has 1 aliphatic carbocycles. The Morgan fingerprint density at radius 1 is 1.11 bits per heavy atom. The van der Waals surface area contributed by atoms with Crippen molar-refractivity contribution >= 4 is 29.3 Å². The van der Waals surface area contributed by atoms with Crippen molar-refractivity contribution in [2.45, 2.75) is 50.3 Å². The number of fused-ring (bicyclic) bond motifs is 1. The highest BCUT2D eigenvalue weighted by molar-refractivity contribution is 7.97. The summed E-state index contributed by atoms with van der Waals surface area (Å²) in [6, 6.07) is 12.0. The molecule has 0 aromatic heterocycles. The second-order valence-corrected chi connectivity index (χ2v) is 11.3. The highest BCUT2D eigenvalue weighted by atomic mass is 32.2. The van der Waals surface area contributed by atoms with E-state index in [9.17, 15) is 18.0 Å². The number of hydrogen-bond donors (Lipinski definition) is 0. The van der Waals surface area contributed by atoms with Gasteiger partial charge in [-0.25, -0.2) is 4.31 Å². The minimum absolute atomic E-state index is 0.0779. The Kier molecular flexibility index (Phi) is 7.29. The van der Waals surface area contributed by atoms with Crippen molar-refractivity contribution in [1.29, 1.82) is 0 Å². The third-order valence-electron chi connectivity index (χ3n) is 5.94. The molecule has 9 heteroatoms. The molecule has 0 N–H and O–H groups in total. The van der Waals surface area contributed by atoms with Gasteiger partial charge in [-0.05, 0) is 82.8 Å². The number of likely N-dealkylation sites (N-methyl/N-ethyl adjacent to an activating group) is 1. The first kappa shape index (κ1) is 25.7. The quantitative estimate of drug-likeness (QED) is 0.326. The monoisotopic (exact) mass is 508 g/mol. The van der Waals surface area contributed by atoms with Gasteiger partial charge in [-0.3, -0.25) is 4.79 Å². The first-order valence-electron chi connectivity index (χ1n) is 11.7. The Balaban J connectivity index is 1.68. The number of benzene rings is 2. The van der Waals surface area contributed by atoms with E-state index in [1.54, 1.807) is 20.8 Å². The topological polar surface area (TPSA) is 42.0 Å². The summed E-state index contributed by atoms with van der Waals surface area (Å²) in [5.74, 6) is -1.20. The zero-order valence-electron chi connectivity index (χ0n) is 20.4. The smallest absolute Gasteiger partial charge is 0.420 e.